The molecule has 12 heavy (non-hydrogen) atoms. The molecule has 0 spiro atoms. The van der Waals surface area contributed by atoms with Crippen molar-refractivity contribution in [2.75, 3.05) is 19.8 Å². The average molecular weight is 174 g/mol. The number of nitrogens with zero attached hydrogens (tertiary/aromatic N) is 1. The van der Waals surface area contributed by atoms with Gasteiger partial charge in [-0.2, -0.15) is 0 Å². The van der Waals surface area contributed by atoms with Crippen molar-refractivity contribution in [1.82, 2.24) is 10.2 Å². The minimum Gasteiger partial charge on any atom is -0.306 e. The first-order valence-electron chi connectivity index (χ1n) is 4.75. The van der Waals surface area contributed by atoms with Crippen LogP contribution in [0.25, 0.3) is 0 Å². The molecular weight excluding hydrogens is 155 g/mol. The van der Waals surface area contributed by atoms with Crippen LogP contribution in [-0.2, 0) is 0 Å². The van der Waals surface area contributed by atoms with E-state index in [2.05, 4.69) is 31.0 Å². The number of alkyl halides is 1. The van der Waals surface area contributed by atoms with Gasteiger partial charge in [0.15, 0.2) is 0 Å². The van der Waals surface area contributed by atoms with Gasteiger partial charge in [0.1, 0.15) is 6.67 Å². The molecule has 1 rings (SSSR count). The van der Waals surface area contributed by atoms with Crippen LogP contribution in [-0.4, -0.2) is 42.8 Å². The molecule has 1 fully saturated rings. The number of hydrogen-bond acceptors (Lipinski definition) is 2. The Morgan fingerprint density at radius 2 is 2.17 bits per heavy atom. The topological polar surface area (TPSA) is 15.3 Å². The molecule has 1 aliphatic heterocycles. The Labute approximate surface area is 74.1 Å². The van der Waals surface area contributed by atoms with Crippen molar-refractivity contribution in [3.63, 3.8) is 0 Å². The fourth-order valence-corrected chi connectivity index (χ4v) is 1.92. The molecule has 0 aromatic heterocycles. The molecular formula is C9H19FN2. The fraction of sp³-hybridized carbons (Fsp3) is 1.00. The van der Waals surface area contributed by atoms with E-state index in [1.807, 2.05) is 0 Å². The van der Waals surface area contributed by atoms with Crippen molar-refractivity contribution in [3.05, 3.63) is 0 Å². The Kier molecular flexibility index (Phi) is 3.47. The van der Waals surface area contributed by atoms with Gasteiger partial charge in [-0.05, 0) is 20.4 Å². The molecule has 3 atom stereocenters. The molecule has 0 amide bonds. The second-order valence-corrected chi connectivity index (χ2v) is 3.66. The summed E-state index contributed by atoms with van der Waals surface area (Å²) in [7, 11) is 0. The van der Waals surface area contributed by atoms with Gasteiger partial charge in [0, 0.05) is 18.6 Å². The van der Waals surface area contributed by atoms with E-state index < -0.39 is 0 Å². The van der Waals surface area contributed by atoms with Gasteiger partial charge in [-0.15, -0.1) is 0 Å². The largest absolute Gasteiger partial charge is 0.306 e. The summed E-state index contributed by atoms with van der Waals surface area (Å²) in [6.07, 6.45) is 0. The van der Waals surface area contributed by atoms with Crippen molar-refractivity contribution in [2.45, 2.75) is 38.9 Å². The van der Waals surface area contributed by atoms with Crippen molar-refractivity contribution in [2.24, 2.45) is 0 Å². The molecule has 0 aliphatic carbocycles. The van der Waals surface area contributed by atoms with Gasteiger partial charge in [-0.1, -0.05) is 6.92 Å². The van der Waals surface area contributed by atoms with E-state index in [4.69, 9.17) is 0 Å². The summed E-state index contributed by atoms with van der Waals surface area (Å²) in [5.41, 5.74) is 0. The van der Waals surface area contributed by atoms with Crippen LogP contribution in [0, 0.1) is 0 Å². The Bertz CT molecular complexity index is 126. The average Bonchev–Trinajstić information content (AvgIpc) is 2.08. The second kappa shape index (κ2) is 4.19. The molecule has 1 N–H and O–H groups in total. The first-order valence-corrected chi connectivity index (χ1v) is 4.75. The van der Waals surface area contributed by atoms with Crippen molar-refractivity contribution < 1.29 is 4.39 Å². The highest BCUT2D eigenvalue weighted by Crippen LogP contribution is 2.12. The van der Waals surface area contributed by atoms with E-state index in [9.17, 15) is 4.39 Å². The molecule has 1 aliphatic rings. The zero-order valence-corrected chi connectivity index (χ0v) is 8.18. The second-order valence-electron chi connectivity index (χ2n) is 3.66. The third-order valence-corrected chi connectivity index (χ3v) is 2.74. The summed E-state index contributed by atoms with van der Waals surface area (Å²) in [6, 6.07) is 0.770. The standard InChI is InChI=1S/C9H19FN2/c1-4-12-6-7(2)11-9(5-10)8(12)3/h7-9,11H,4-6H2,1-3H3/t7-,8+,9+/m0/s1. The highest BCUT2D eigenvalue weighted by atomic mass is 19.1. The maximum absolute atomic E-state index is 12.5. The van der Waals surface area contributed by atoms with Crippen LogP contribution < -0.4 is 5.32 Å². The summed E-state index contributed by atoms with van der Waals surface area (Å²) in [4.78, 5) is 2.32. The first kappa shape index (κ1) is 9.93. The Morgan fingerprint density at radius 3 is 2.67 bits per heavy atom. The normalized spacial score (nSPS) is 38.5. The quantitative estimate of drug-likeness (QED) is 0.672. The third-order valence-electron chi connectivity index (χ3n) is 2.74. The molecule has 0 unspecified atom stereocenters. The number of nitrogens with one attached hydrogen (secondary N) is 1. The highest BCUT2D eigenvalue weighted by molar-refractivity contribution is 4.89. The van der Waals surface area contributed by atoms with Crippen molar-refractivity contribution >= 4 is 0 Å². The number of halogens is 1. The van der Waals surface area contributed by atoms with E-state index in [-0.39, 0.29) is 12.7 Å². The van der Waals surface area contributed by atoms with Crippen molar-refractivity contribution in [3.8, 4) is 0 Å². The van der Waals surface area contributed by atoms with Crippen LogP contribution in [0.4, 0.5) is 4.39 Å². The maximum atomic E-state index is 12.5. The molecule has 1 saturated heterocycles. The molecule has 0 bridgehead atoms. The minimum absolute atomic E-state index is 0.0219. The smallest absolute Gasteiger partial charge is 0.106 e. The van der Waals surface area contributed by atoms with Crippen LogP contribution in [0.3, 0.4) is 0 Å². The highest BCUT2D eigenvalue weighted by Gasteiger charge is 2.29. The van der Waals surface area contributed by atoms with E-state index in [0.717, 1.165) is 13.1 Å². The lowest BCUT2D eigenvalue weighted by Gasteiger charge is -2.41. The summed E-state index contributed by atoms with van der Waals surface area (Å²) in [5.74, 6) is 0. The van der Waals surface area contributed by atoms with Gasteiger partial charge in [-0.3, -0.25) is 4.90 Å². The number of rotatable bonds is 2. The lowest BCUT2D eigenvalue weighted by atomic mass is 10.0. The predicted molar refractivity (Wildman–Crippen MR) is 49.1 cm³/mol. The molecule has 3 heteroatoms. The van der Waals surface area contributed by atoms with E-state index in [0.29, 0.717) is 12.1 Å². The van der Waals surface area contributed by atoms with E-state index >= 15 is 0 Å². The molecule has 72 valence electrons. The molecule has 2 nitrogen and oxygen atoms in total. The molecule has 0 saturated carbocycles. The first-order chi connectivity index (χ1) is 5.69. The lowest BCUT2D eigenvalue weighted by molar-refractivity contribution is 0.0976. The van der Waals surface area contributed by atoms with E-state index in [1.54, 1.807) is 0 Å². The van der Waals surface area contributed by atoms with Crippen LogP contribution in [0.1, 0.15) is 20.8 Å². The number of hydrogen-bond donors (Lipinski definition) is 1. The zero-order chi connectivity index (χ0) is 9.14. The zero-order valence-electron chi connectivity index (χ0n) is 8.18. The Hall–Kier alpha value is -0.150. The maximum Gasteiger partial charge on any atom is 0.106 e. The van der Waals surface area contributed by atoms with Gasteiger partial charge in [0.2, 0.25) is 0 Å². The van der Waals surface area contributed by atoms with Crippen LogP contribution in [0.5, 0.6) is 0 Å². The Balaban J connectivity index is 2.55. The summed E-state index contributed by atoms with van der Waals surface area (Å²) in [6.45, 7) is 8.12. The molecule has 0 aromatic carbocycles. The van der Waals surface area contributed by atoms with Gasteiger partial charge >= 0.3 is 0 Å². The summed E-state index contributed by atoms with van der Waals surface area (Å²) < 4.78 is 12.5. The van der Waals surface area contributed by atoms with Crippen molar-refractivity contribution in [1.29, 1.82) is 0 Å². The van der Waals surface area contributed by atoms with Gasteiger partial charge in [0.25, 0.3) is 0 Å². The summed E-state index contributed by atoms with van der Waals surface area (Å²) in [5, 5.41) is 3.26. The number of likely N-dealkylation sites (N-methyl/N-ethyl adjacent to an activating group) is 1. The van der Waals surface area contributed by atoms with Crippen LogP contribution >= 0.6 is 0 Å². The lowest BCUT2D eigenvalue weighted by Crippen LogP contribution is -2.61. The van der Waals surface area contributed by atoms with Gasteiger partial charge < -0.3 is 5.32 Å². The minimum atomic E-state index is -0.262. The monoisotopic (exact) mass is 174 g/mol. The molecule has 0 aromatic rings. The van der Waals surface area contributed by atoms with Crippen LogP contribution in [0.15, 0.2) is 0 Å². The van der Waals surface area contributed by atoms with Gasteiger partial charge in [0.05, 0.1) is 6.04 Å². The molecule has 1 heterocycles. The van der Waals surface area contributed by atoms with Gasteiger partial charge in [-0.25, -0.2) is 4.39 Å². The van der Waals surface area contributed by atoms with E-state index in [1.165, 1.54) is 0 Å². The third kappa shape index (κ3) is 1.96. The number of piperazine rings is 1. The Morgan fingerprint density at radius 1 is 1.50 bits per heavy atom. The fourth-order valence-electron chi connectivity index (χ4n) is 1.92. The summed E-state index contributed by atoms with van der Waals surface area (Å²) >= 11 is 0. The SMILES string of the molecule is CCN1C[C@H](C)N[C@H](CF)[C@H]1C. The molecule has 0 radical (unpaired) electrons. The van der Waals surface area contributed by atoms with Crippen LogP contribution in [0.2, 0.25) is 0 Å². The predicted octanol–water partition coefficient (Wildman–Crippen LogP) is 1.03.